The zero-order chi connectivity index (χ0) is 15.6. The quantitative estimate of drug-likeness (QED) is 0.656. The molecule has 0 aliphatic carbocycles. The molecule has 2 fully saturated rings. The van der Waals surface area contributed by atoms with E-state index in [1.54, 1.807) is 0 Å². The van der Waals surface area contributed by atoms with Gasteiger partial charge >= 0.3 is 6.03 Å². The van der Waals surface area contributed by atoms with Crippen LogP contribution in [0.15, 0.2) is 0 Å². The number of nitrogens with zero attached hydrogens (tertiary/aromatic N) is 4. The number of carbonyl (C=O) groups is 2. The first kappa shape index (κ1) is 16.1. The zero-order valence-electron chi connectivity index (χ0n) is 13.8. The van der Waals surface area contributed by atoms with Gasteiger partial charge in [-0.15, -0.1) is 0 Å². The maximum absolute atomic E-state index is 12.5. The van der Waals surface area contributed by atoms with Crippen molar-refractivity contribution in [2.75, 3.05) is 59.4 Å². The molecule has 0 saturated carbocycles. The summed E-state index contributed by atoms with van der Waals surface area (Å²) in [5.74, 6) is 0.175. The Bertz CT molecular complexity index is 389. The van der Waals surface area contributed by atoms with E-state index in [9.17, 15) is 9.59 Å². The fraction of sp³-hybridized carbons (Fsp3) is 0.867. The van der Waals surface area contributed by atoms with E-state index in [2.05, 4.69) is 11.9 Å². The zero-order valence-corrected chi connectivity index (χ0v) is 13.8. The lowest BCUT2D eigenvalue weighted by Gasteiger charge is -2.41. The molecule has 0 N–H and O–H groups in total. The predicted octanol–water partition coefficient (Wildman–Crippen LogP) is 0.544. The van der Waals surface area contributed by atoms with Crippen molar-refractivity contribution in [3.8, 4) is 0 Å². The monoisotopic (exact) mass is 296 g/mol. The summed E-state index contributed by atoms with van der Waals surface area (Å²) >= 11 is 0. The Morgan fingerprint density at radius 3 is 1.52 bits per heavy atom. The summed E-state index contributed by atoms with van der Waals surface area (Å²) < 4.78 is 0. The molecule has 6 nitrogen and oxygen atoms in total. The summed E-state index contributed by atoms with van der Waals surface area (Å²) in [6, 6.07) is 0.131. The Morgan fingerprint density at radius 2 is 1.10 bits per heavy atom. The van der Waals surface area contributed by atoms with E-state index in [4.69, 9.17) is 0 Å². The van der Waals surface area contributed by atoms with Crippen molar-refractivity contribution in [1.82, 2.24) is 19.6 Å². The summed E-state index contributed by atoms with van der Waals surface area (Å²) in [5, 5.41) is 0. The molecule has 120 valence electrons. The van der Waals surface area contributed by atoms with Crippen LogP contribution >= 0.6 is 0 Å². The van der Waals surface area contributed by atoms with E-state index in [1.165, 1.54) is 0 Å². The number of likely N-dealkylation sites (N-methyl/N-ethyl adjacent to an activating group) is 1. The smallest absolute Gasteiger partial charge is 0.320 e. The minimum Gasteiger partial charge on any atom is -0.339 e. The summed E-state index contributed by atoms with van der Waals surface area (Å²) in [6.07, 6.45) is 0. The first-order valence-corrected chi connectivity index (χ1v) is 7.81. The molecule has 0 aromatic heterocycles. The Morgan fingerprint density at radius 1 is 0.714 bits per heavy atom. The second-order valence-electron chi connectivity index (χ2n) is 7.10. The molecular weight excluding hydrogens is 268 g/mol. The van der Waals surface area contributed by atoms with Gasteiger partial charge in [-0.2, -0.15) is 0 Å². The Labute approximate surface area is 127 Å². The summed E-state index contributed by atoms with van der Waals surface area (Å²) in [7, 11) is 2.08. The molecule has 0 unspecified atom stereocenters. The summed E-state index contributed by atoms with van der Waals surface area (Å²) in [5.41, 5.74) is -0.344. The average molecular weight is 296 g/mol. The number of amides is 3. The van der Waals surface area contributed by atoms with Crippen molar-refractivity contribution in [1.29, 1.82) is 0 Å². The van der Waals surface area contributed by atoms with Gasteiger partial charge in [-0.1, -0.05) is 20.8 Å². The predicted molar refractivity (Wildman–Crippen MR) is 82.1 cm³/mol. The summed E-state index contributed by atoms with van der Waals surface area (Å²) in [4.78, 5) is 32.6. The highest BCUT2D eigenvalue weighted by molar-refractivity contribution is 5.82. The van der Waals surface area contributed by atoms with Gasteiger partial charge in [-0.05, 0) is 7.05 Å². The van der Waals surface area contributed by atoms with Crippen LogP contribution in [0.5, 0.6) is 0 Å². The van der Waals surface area contributed by atoms with Crippen LogP contribution in [0, 0.1) is 5.41 Å². The van der Waals surface area contributed by atoms with Crippen LogP contribution < -0.4 is 0 Å². The normalized spacial score (nSPS) is 21.6. The highest BCUT2D eigenvalue weighted by Crippen LogP contribution is 2.19. The van der Waals surface area contributed by atoms with Crippen LogP contribution in [0.3, 0.4) is 0 Å². The third-order valence-electron chi connectivity index (χ3n) is 4.25. The number of carbonyl (C=O) groups excluding carboxylic acids is 2. The number of piperazine rings is 2. The SMILES string of the molecule is CN1CCN(C(=O)N2CCN(C(=O)C(C)(C)C)CC2)CC1. The highest BCUT2D eigenvalue weighted by atomic mass is 16.2. The van der Waals surface area contributed by atoms with Gasteiger partial charge in [-0.25, -0.2) is 4.79 Å². The molecule has 2 aliphatic heterocycles. The molecule has 21 heavy (non-hydrogen) atoms. The molecule has 3 amide bonds. The molecule has 0 spiro atoms. The van der Waals surface area contributed by atoms with E-state index in [0.29, 0.717) is 26.2 Å². The van der Waals surface area contributed by atoms with Crippen molar-refractivity contribution < 1.29 is 9.59 Å². The molecule has 2 aliphatic rings. The molecule has 2 heterocycles. The van der Waals surface area contributed by atoms with Gasteiger partial charge in [0.15, 0.2) is 0 Å². The highest BCUT2D eigenvalue weighted by Gasteiger charge is 2.32. The fourth-order valence-corrected chi connectivity index (χ4v) is 2.77. The van der Waals surface area contributed by atoms with Gasteiger partial charge in [-0.3, -0.25) is 4.79 Å². The van der Waals surface area contributed by atoms with Crippen molar-refractivity contribution in [3.05, 3.63) is 0 Å². The Balaban J connectivity index is 1.83. The number of urea groups is 1. The third kappa shape index (κ3) is 3.87. The topological polar surface area (TPSA) is 47.1 Å². The molecule has 6 heteroatoms. The largest absolute Gasteiger partial charge is 0.339 e. The molecule has 0 atom stereocenters. The molecular formula is C15H28N4O2. The van der Waals surface area contributed by atoms with Crippen LogP contribution in [0.1, 0.15) is 20.8 Å². The summed E-state index contributed by atoms with van der Waals surface area (Å²) in [6.45, 7) is 11.9. The standard InChI is InChI=1S/C15H28N4O2/c1-15(2,3)13(20)17-9-11-19(12-10-17)14(21)18-7-5-16(4)6-8-18/h5-12H2,1-4H3. The van der Waals surface area contributed by atoms with Crippen LogP contribution in [0.2, 0.25) is 0 Å². The lowest BCUT2D eigenvalue weighted by molar-refractivity contribution is -0.141. The van der Waals surface area contributed by atoms with Crippen LogP contribution in [0.4, 0.5) is 4.79 Å². The number of hydrogen-bond donors (Lipinski definition) is 0. The average Bonchev–Trinajstić information content (AvgIpc) is 2.46. The first-order chi connectivity index (χ1) is 9.79. The minimum atomic E-state index is -0.344. The maximum atomic E-state index is 12.5. The van der Waals surface area contributed by atoms with E-state index in [-0.39, 0.29) is 17.4 Å². The molecule has 2 saturated heterocycles. The second kappa shape index (κ2) is 6.22. The van der Waals surface area contributed by atoms with Gasteiger partial charge in [0, 0.05) is 57.8 Å². The maximum Gasteiger partial charge on any atom is 0.320 e. The number of hydrogen-bond acceptors (Lipinski definition) is 3. The van der Waals surface area contributed by atoms with Crippen molar-refractivity contribution >= 4 is 11.9 Å². The molecule has 0 bridgehead atoms. The molecule has 0 radical (unpaired) electrons. The molecule has 0 aromatic rings. The lowest BCUT2D eigenvalue weighted by Crippen LogP contribution is -2.58. The minimum absolute atomic E-state index is 0.131. The van der Waals surface area contributed by atoms with Crippen molar-refractivity contribution in [2.45, 2.75) is 20.8 Å². The Hall–Kier alpha value is -1.30. The van der Waals surface area contributed by atoms with Crippen molar-refractivity contribution in [2.24, 2.45) is 5.41 Å². The third-order valence-corrected chi connectivity index (χ3v) is 4.25. The van der Waals surface area contributed by atoms with E-state index in [0.717, 1.165) is 26.2 Å². The van der Waals surface area contributed by atoms with Crippen LogP contribution in [-0.4, -0.2) is 90.9 Å². The molecule has 0 aromatic carbocycles. The van der Waals surface area contributed by atoms with E-state index in [1.807, 2.05) is 35.5 Å². The van der Waals surface area contributed by atoms with Gasteiger partial charge in [0.1, 0.15) is 0 Å². The van der Waals surface area contributed by atoms with Gasteiger partial charge in [0.05, 0.1) is 0 Å². The molecule has 2 rings (SSSR count). The number of rotatable bonds is 0. The van der Waals surface area contributed by atoms with Crippen LogP contribution in [0.25, 0.3) is 0 Å². The lowest BCUT2D eigenvalue weighted by atomic mass is 9.94. The van der Waals surface area contributed by atoms with Crippen LogP contribution in [-0.2, 0) is 4.79 Å². The second-order valence-corrected chi connectivity index (χ2v) is 7.10. The van der Waals surface area contributed by atoms with Crippen molar-refractivity contribution in [3.63, 3.8) is 0 Å². The fourth-order valence-electron chi connectivity index (χ4n) is 2.77. The Kier molecular flexibility index (Phi) is 4.76. The van der Waals surface area contributed by atoms with Gasteiger partial charge < -0.3 is 19.6 Å². The van der Waals surface area contributed by atoms with Gasteiger partial charge in [0.25, 0.3) is 0 Å². The van der Waals surface area contributed by atoms with E-state index < -0.39 is 0 Å². The first-order valence-electron chi connectivity index (χ1n) is 7.81. The van der Waals surface area contributed by atoms with Gasteiger partial charge in [0.2, 0.25) is 5.91 Å². The van der Waals surface area contributed by atoms with E-state index >= 15 is 0 Å².